The molecule has 0 aromatic heterocycles. The highest BCUT2D eigenvalue weighted by Crippen LogP contribution is 2.51. The Morgan fingerprint density at radius 3 is 2.18 bits per heavy atom. The van der Waals surface area contributed by atoms with Crippen molar-refractivity contribution in [3.8, 4) is 5.75 Å². The van der Waals surface area contributed by atoms with Crippen LogP contribution in [0.15, 0.2) is 48.5 Å². The molecule has 44 heavy (non-hydrogen) atoms. The highest BCUT2D eigenvalue weighted by Gasteiger charge is 2.59. The third-order valence-electron chi connectivity index (χ3n) is 8.55. The molecule has 0 spiro atoms. The molecule has 8 nitrogen and oxygen atoms in total. The van der Waals surface area contributed by atoms with Crippen LogP contribution in [0.1, 0.15) is 75.6 Å². The van der Waals surface area contributed by atoms with E-state index in [1.54, 1.807) is 12.1 Å². The van der Waals surface area contributed by atoms with Gasteiger partial charge in [-0.25, -0.2) is 8.42 Å². The second-order valence-electron chi connectivity index (χ2n) is 12.8. The van der Waals surface area contributed by atoms with Gasteiger partial charge in [-0.1, -0.05) is 70.4 Å². The molecule has 2 aromatic rings. The van der Waals surface area contributed by atoms with Gasteiger partial charge in [-0.05, 0) is 42.0 Å². The molecule has 2 aromatic carbocycles. The Balaban J connectivity index is 1.87. The molecule has 12 heteroatoms. The van der Waals surface area contributed by atoms with E-state index in [0.717, 1.165) is 37.7 Å². The minimum absolute atomic E-state index is 0.149. The average Bonchev–Trinajstić information content (AvgIpc) is 3.31. The number of methoxy groups -OCH3 is 1. The number of sulfonamides is 1. The van der Waals surface area contributed by atoms with Crippen molar-refractivity contribution in [2.24, 2.45) is 17.3 Å². The van der Waals surface area contributed by atoms with Crippen LogP contribution in [0.3, 0.4) is 0 Å². The number of amides is 2. The largest absolute Gasteiger partial charge is 0.496 e. The molecule has 242 valence electrons. The molecule has 1 aliphatic heterocycles. The van der Waals surface area contributed by atoms with Gasteiger partial charge >= 0.3 is 6.18 Å². The van der Waals surface area contributed by atoms with Crippen LogP contribution in [0.5, 0.6) is 5.75 Å². The minimum atomic E-state index is -4.59. The van der Waals surface area contributed by atoms with Gasteiger partial charge in [0.05, 0.1) is 37.7 Å². The maximum Gasteiger partial charge on any atom is 0.416 e. The van der Waals surface area contributed by atoms with Crippen LogP contribution in [-0.2, 0) is 37.1 Å². The Labute approximate surface area is 257 Å². The van der Waals surface area contributed by atoms with Crippen molar-refractivity contribution in [3.63, 3.8) is 0 Å². The van der Waals surface area contributed by atoms with Crippen LogP contribution in [-0.4, -0.2) is 50.6 Å². The minimum Gasteiger partial charge on any atom is -0.496 e. The lowest BCUT2D eigenvalue weighted by molar-refractivity contribution is -0.145. The van der Waals surface area contributed by atoms with Crippen LogP contribution in [0, 0.1) is 17.3 Å². The standard InChI is InChI=1S/C32H41F3N2O6S/c1-31(2,3)25-27(29(38)36-44(5,40)41)37(30(39)21-14-10-7-11-15-21)26(20-12-8-6-9-13-20)28(25)43-19-22-18-23(32(33,34)35)16-17-24(22)42-4/h6,8-9,12-13,16-18,21,25-28H,7,10-11,14-15,19H2,1-5H3,(H,36,38). The summed E-state index contributed by atoms with van der Waals surface area (Å²) in [6.07, 6.45) is -0.598. The van der Waals surface area contributed by atoms with E-state index in [2.05, 4.69) is 4.72 Å². The molecule has 4 unspecified atom stereocenters. The van der Waals surface area contributed by atoms with Crippen LogP contribution in [0.2, 0.25) is 0 Å². The molecule has 0 radical (unpaired) electrons. The summed E-state index contributed by atoms with van der Waals surface area (Å²) in [6, 6.07) is 10.1. The van der Waals surface area contributed by atoms with Crippen molar-refractivity contribution in [1.82, 2.24) is 9.62 Å². The van der Waals surface area contributed by atoms with Gasteiger partial charge < -0.3 is 14.4 Å². The normalized spacial score (nSPS) is 23.4. The average molecular weight is 639 g/mol. The van der Waals surface area contributed by atoms with E-state index < -0.39 is 57.2 Å². The molecular weight excluding hydrogens is 597 g/mol. The van der Waals surface area contributed by atoms with E-state index in [-0.39, 0.29) is 29.7 Å². The molecule has 1 saturated carbocycles. The fourth-order valence-corrected chi connectivity index (χ4v) is 7.15. The third-order valence-corrected chi connectivity index (χ3v) is 9.12. The number of rotatable bonds is 8. The molecule has 2 amide bonds. The van der Waals surface area contributed by atoms with E-state index in [4.69, 9.17) is 9.47 Å². The molecule has 1 heterocycles. The van der Waals surface area contributed by atoms with Crippen molar-refractivity contribution in [3.05, 3.63) is 65.2 Å². The predicted octanol–water partition coefficient (Wildman–Crippen LogP) is 5.87. The highest BCUT2D eigenvalue weighted by atomic mass is 32.2. The Kier molecular flexibility index (Phi) is 10.0. The number of carbonyl (C=O) groups excluding carboxylic acids is 2. The quantitative estimate of drug-likeness (QED) is 0.388. The molecule has 2 fully saturated rings. The molecule has 0 bridgehead atoms. The van der Waals surface area contributed by atoms with E-state index in [9.17, 15) is 31.2 Å². The smallest absolute Gasteiger partial charge is 0.416 e. The van der Waals surface area contributed by atoms with Crippen molar-refractivity contribution < 1.29 is 40.7 Å². The van der Waals surface area contributed by atoms with Gasteiger partial charge in [0.15, 0.2) is 0 Å². The monoisotopic (exact) mass is 638 g/mol. The van der Waals surface area contributed by atoms with Gasteiger partial charge in [0.25, 0.3) is 5.91 Å². The summed E-state index contributed by atoms with van der Waals surface area (Å²) in [5.74, 6) is -2.00. The topological polar surface area (TPSA) is 102 Å². The Morgan fingerprint density at radius 1 is 1.00 bits per heavy atom. The number of halogens is 3. The van der Waals surface area contributed by atoms with Crippen molar-refractivity contribution in [2.45, 2.75) is 83.8 Å². The SMILES string of the molecule is COc1ccc(C(F)(F)F)cc1COC1C(c2ccccc2)N(C(=O)C2CCCCC2)C(C(=O)NS(C)(=O)=O)C1C(C)(C)C. The van der Waals surface area contributed by atoms with Crippen molar-refractivity contribution in [2.75, 3.05) is 13.4 Å². The maximum absolute atomic E-state index is 14.4. The van der Waals surface area contributed by atoms with Crippen LogP contribution in [0.25, 0.3) is 0 Å². The van der Waals surface area contributed by atoms with E-state index in [0.29, 0.717) is 18.4 Å². The zero-order valence-corrected chi connectivity index (χ0v) is 26.5. The lowest BCUT2D eigenvalue weighted by Gasteiger charge is -2.37. The molecule has 1 N–H and O–H groups in total. The van der Waals surface area contributed by atoms with Gasteiger partial charge in [0.1, 0.15) is 11.8 Å². The molecule has 1 aliphatic carbocycles. The van der Waals surface area contributed by atoms with Gasteiger partial charge in [-0.3, -0.25) is 14.3 Å². The third kappa shape index (κ3) is 7.56. The summed E-state index contributed by atoms with van der Waals surface area (Å²) < 4.78 is 79.4. The van der Waals surface area contributed by atoms with Gasteiger partial charge in [0.2, 0.25) is 15.9 Å². The Bertz CT molecular complexity index is 1440. The number of hydrogen-bond acceptors (Lipinski definition) is 6. The molecule has 2 aliphatic rings. The number of ether oxygens (including phenoxy) is 2. The summed E-state index contributed by atoms with van der Waals surface area (Å²) in [6.45, 7) is 5.31. The number of carbonyl (C=O) groups is 2. The number of alkyl halides is 3. The fraction of sp³-hybridized carbons (Fsp3) is 0.562. The molecular formula is C32H41F3N2O6S. The van der Waals surface area contributed by atoms with Crippen LogP contribution in [0.4, 0.5) is 13.2 Å². The highest BCUT2D eigenvalue weighted by molar-refractivity contribution is 7.89. The van der Waals surface area contributed by atoms with Gasteiger partial charge in [0, 0.05) is 17.4 Å². The first-order valence-electron chi connectivity index (χ1n) is 14.8. The van der Waals surface area contributed by atoms with Crippen LogP contribution < -0.4 is 9.46 Å². The number of nitrogens with one attached hydrogen (secondary N) is 1. The zero-order chi connectivity index (χ0) is 32.4. The molecule has 1 saturated heterocycles. The van der Waals surface area contributed by atoms with E-state index in [1.165, 1.54) is 18.1 Å². The Morgan fingerprint density at radius 2 is 1.64 bits per heavy atom. The predicted molar refractivity (Wildman–Crippen MR) is 159 cm³/mol. The number of nitrogens with zero attached hydrogens (tertiary/aromatic N) is 1. The van der Waals surface area contributed by atoms with Gasteiger partial charge in [-0.2, -0.15) is 13.2 Å². The number of likely N-dealkylation sites (tertiary alicyclic amines) is 1. The first kappa shape index (κ1) is 33.8. The number of hydrogen-bond donors (Lipinski definition) is 1. The van der Waals surface area contributed by atoms with Crippen LogP contribution >= 0.6 is 0 Å². The first-order chi connectivity index (χ1) is 20.5. The second kappa shape index (κ2) is 13.1. The fourth-order valence-electron chi connectivity index (χ4n) is 6.66. The van der Waals surface area contributed by atoms with Crippen molar-refractivity contribution >= 4 is 21.8 Å². The zero-order valence-electron chi connectivity index (χ0n) is 25.7. The lowest BCUT2D eigenvalue weighted by Crippen LogP contribution is -2.53. The van der Waals surface area contributed by atoms with Crippen molar-refractivity contribution in [1.29, 1.82) is 0 Å². The number of benzene rings is 2. The molecule has 4 atom stereocenters. The van der Waals surface area contributed by atoms with E-state index in [1.807, 2.05) is 39.0 Å². The summed E-state index contributed by atoms with van der Waals surface area (Å²) in [5.41, 5.74) is -0.760. The summed E-state index contributed by atoms with van der Waals surface area (Å²) in [4.78, 5) is 29.8. The first-order valence-corrected chi connectivity index (χ1v) is 16.7. The van der Waals surface area contributed by atoms with Gasteiger partial charge in [-0.15, -0.1) is 0 Å². The lowest BCUT2D eigenvalue weighted by atomic mass is 9.73. The molecule has 4 rings (SSSR count). The second-order valence-corrected chi connectivity index (χ2v) is 14.6. The summed E-state index contributed by atoms with van der Waals surface area (Å²) in [7, 11) is -2.64. The Hall–Kier alpha value is -3.12. The summed E-state index contributed by atoms with van der Waals surface area (Å²) in [5, 5.41) is 0. The maximum atomic E-state index is 14.4. The van der Waals surface area contributed by atoms with E-state index >= 15 is 0 Å². The summed E-state index contributed by atoms with van der Waals surface area (Å²) >= 11 is 0.